The number of nitrogens with zero attached hydrogens (tertiary/aromatic N) is 2. The maximum Gasteiger partial charge on any atom is 0.422 e. The summed E-state index contributed by atoms with van der Waals surface area (Å²) >= 11 is 0. The van der Waals surface area contributed by atoms with E-state index in [4.69, 9.17) is 9.05 Å². The zero-order valence-corrected chi connectivity index (χ0v) is 21.5. The summed E-state index contributed by atoms with van der Waals surface area (Å²) in [4.78, 5) is 12.4. The quantitative estimate of drug-likeness (QED) is 0.312. The molecule has 0 unspecified atom stereocenters. The van der Waals surface area contributed by atoms with Gasteiger partial charge in [0.25, 0.3) is 0 Å². The van der Waals surface area contributed by atoms with Crippen molar-refractivity contribution in [1.82, 2.24) is 10.3 Å². The number of aromatic nitrogens is 2. The Morgan fingerprint density at radius 2 is 1.72 bits per heavy atom. The van der Waals surface area contributed by atoms with Gasteiger partial charge in [-0.3, -0.25) is 4.79 Å². The summed E-state index contributed by atoms with van der Waals surface area (Å²) in [6.45, 7) is 0. The Hall–Kier alpha value is -3.77. The molecule has 0 spiro atoms. The fourth-order valence-electron chi connectivity index (χ4n) is 4.75. The molecule has 2 aromatic carbocycles. The number of hydrogen-bond donors (Lipinski definition) is 1. The summed E-state index contributed by atoms with van der Waals surface area (Å²) in [5.41, 5.74) is 1.18. The topological polar surface area (TPSA) is 124 Å². The summed E-state index contributed by atoms with van der Waals surface area (Å²) in [6.07, 6.45) is -4.42. The lowest BCUT2D eigenvalue weighted by molar-refractivity contribution is -0.137. The highest BCUT2D eigenvalue weighted by Crippen LogP contribution is 2.46. The summed E-state index contributed by atoms with van der Waals surface area (Å²) in [6, 6.07) is 12.7. The molecule has 1 atom stereocenters. The second-order valence-electron chi connectivity index (χ2n) is 9.46. The first-order valence-corrected chi connectivity index (χ1v) is 14.1. The molecule has 2 heterocycles. The van der Waals surface area contributed by atoms with Crippen molar-refractivity contribution >= 4 is 15.6 Å². The molecule has 8 nitrogen and oxygen atoms in total. The molecule has 0 bridgehead atoms. The third-order valence-electron chi connectivity index (χ3n) is 6.60. The van der Waals surface area contributed by atoms with Gasteiger partial charge in [0.2, 0.25) is 0 Å². The molecule has 39 heavy (non-hydrogen) atoms. The number of aliphatic hydroxyl groups is 1. The van der Waals surface area contributed by atoms with Crippen LogP contribution in [-0.4, -0.2) is 41.6 Å². The number of halogens is 3. The standard InChI is InChI=1S/C27H23F3N2O6S/c1-39(35,36)13-5-8-20(33)24(34)17-10-11-18-16(14-17)9-12-19-22(18)31-38-26(19)23-21(27(28,29)30)25(37-32-23)15-6-3-2-4-7-15/h2-4,6-7,10-11,14,24,34H,5,8-9,12-13H2,1H3/t24-/m1/s1. The lowest BCUT2D eigenvalue weighted by Gasteiger charge is -2.18. The Balaban J connectivity index is 1.45. The summed E-state index contributed by atoms with van der Waals surface area (Å²) < 4.78 is 75.6. The van der Waals surface area contributed by atoms with Crippen molar-refractivity contribution in [3.05, 3.63) is 70.8 Å². The van der Waals surface area contributed by atoms with E-state index in [9.17, 15) is 31.5 Å². The largest absolute Gasteiger partial charge is 0.422 e. The minimum Gasteiger partial charge on any atom is -0.381 e. The summed E-state index contributed by atoms with van der Waals surface area (Å²) in [7, 11) is -3.22. The normalized spacial score (nSPS) is 14.1. The Morgan fingerprint density at radius 3 is 2.41 bits per heavy atom. The van der Waals surface area contributed by atoms with Crippen LogP contribution >= 0.6 is 0 Å². The third kappa shape index (κ3) is 5.39. The molecule has 1 aliphatic carbocycles. The minimum atomic E-state index is -4.77. The van der Waals surface area contributed by atoms with Crippen LogP contribution in [0.1, 0.15) is 41.2 Å². The summed E-state index contributed by atoms with van der Waals surface area (Å²) in [5, 5.41) is 18.3. The Morgan fingerprint density at radius 1 is 1.03 bits per heavy atom. The predicted octanol–water partition coefficient (Wildman–Crippen LogP) is 5.21. The smallest absolute Gasteiger partial charge is 0.381 e. The van der Waals surface area contributed by atoms with E-state index in [1.807, 2.05) is 0 Å². The molecule has 1 N–H and O–H groups in total. The number of Topliss-reactive ketones (excluding diaryl/α,β-unsaturated/α-hetero) is 1. The van der Waals surface area contributed by atoms with E-state index in [-0.39, 0.29) is 36.3 Å². The monoisotopic (exact) mass is 560 g/mol. The first kappa shape index (κ1) is 26.8. The van der Waals surface area contributed by atoms with E-state index in [1.165, 1.54) is 18.2 Å². The van der Waals surface area contributed by atoms with Gasteiger partial charge >= 0.3 is 6.18 Å². The van der Waals surface area contributed by atoms with E-state index in [0.717, 1.165) is 11.8 Å². The van der Waals surface area contributed by atoms with Crippen LogP contribution in [0.15, 0.2) is 57.6 Å². The average molecular weight is 561 g/mol. The molecule has 5 rings (SSSR count). The van der Waals surface area contributed by atoms with Crippen molar-refractivity contribution in [2.45, 2.75) is 38.0 Å². The highest BCUT2D eigenvalue weighted by atomic mass is 32.2. The van der Waals surface area contributed by atoms with Crippen molar-refractivity contribution < 1.29 is 40.5 Å². The van der Waals surface area contributed by atoms with E-state index in [1.54, 1.807) is 30.3 Å². The Bertz CT molecular complexity index is 1640. The number of ketones is 1. The van der Waals surface area contributed by atoms with Gasteiger partial charge < -0.3 is 14.2 Å². The Labute approximate surface area is 221 Å². The highest BCUT2D eigenvalue weighted by Gasteiger charge is 2.43. The van der Waals surface area contributed by atoms with E-state index >= 15 is 0 Å². The van der Waals surface area contributed by atoms with Gasteiger partial charge in [-0.1, -0.05) is 58.8 Å². The van der Waals surface area contributed by atoms with Crippen LogP contribution < -0.4 is 0 Å². The second kappa shape index (κ2) is 10.1. The molecular weight excluding hydrogens is 537 g/mol. The van der Waals surface area contributed by atoms with Gasteiger partial charge in [0.05, 0.1) is 5.75 Å². The SMILES string of the molecule is CS(=O)(=O)CCCC(=O)[C@H](O)c1ccc2c(c1)CCc1c-2noc1-c1noc(-c2ccccc2)c1C(F)(F)F. The molecule has 12 heteroatoms. The van der Waals surface area contributed by atoms with E-state index in [2.05, 4.69) is 10.3 Å². The van der Waals surface area contributed by atoms with Crippen LogP contribution in [0.4, 0.5) is 13.2 Å². The molecule has 0 amide bonds. The van der Waals surface area contributed by atoms with E-state index in [0.29, 0.717) is 28.8 Å². The number of aryl methyl sites for hydroxylation is 1. The van der Waals surface area contributed by atoms with Crippen LogP contribution in [0.5, 0.6) is 0 Å². The van der Waals surface area contributed by atoms with E-state index < -0.39 is 44.9 Å². The molecule has 0 aliphatic heterocycles. The van der Waals surface area contributed by atoms with Crippen molar-refractivity contribution in [2.24, 2.45) is 0 Å². The number of aliphatic hydroxyl groups excluding tert-OH is 1. The number of alkyl halides is 3. The maximum absolute atomic E-state index is 14.2. The number of carbonyl (C=O) groups is 1. The number of carbonyl (C=O) groups excluding carboxylic acids is 1. The van der Waals surface area contributed by atoms with Gasteiger partial charge in [0.15, 0.2) is 23.0 Å². The number of fused-ring (bicyclic) bond motifs is 3. The molecular formula is C27H23F3N2O6S. The van der Waals surface area contributed by atoms with Crippen LogP contribution in [0.25, 0.3) is 34.0 Å². The number of rotatable bonds is 8. The average Bonchev–Trinajstić information content (AvgIpc) is 3.52. The maximum atomic E-state index is 14.2. The van der Waals surface area contributed by atoms with Crippen LogP contribution in [0.2, 0.25) is 0 Å². The molecule has 204 valence electrons. The first-order chi connectivity index (χ1) is 18.4. The van der Waals surface area contributed by atoms with Gasteiger partial charge in [-0.05, 0) is 30.4 Å². The fourth-order valence-corrected chi connectivity index (χ4v) is 5.41. The van der Waals surface area contributed by atoms with Gasteiger partial charge in [0, 0.05) is 29.4 Å². The third-order valence-corrected chi connectivity index (χ3v) is 7.63. The van der Waals surface area contributed by atoms with Gasteiger partial charge in [-0.25, -0.2) is 8.42 Å². The fraction of sp³-hybridized carbons (Fsp3) is 0.296. The number of hydrogen-bond acceptors (Lipinski definition) is 8. The first-order valence-electron chi connectivity index (χ1n) is 12.1. The molecule has 1 aliphatic rings. The number of sulfone groups is 1. The van der Waals surface area contributed by atoms with Crippen molar-refractivity contribution in [2.75, 3.05) is 12.0 Å². The zero-order chi connectivity index (χ0) is 27.9. The minimum absolute atomic E-state index is 0.0909. The molecule has 0 radical (unpaired) electrons. The predicted molar refractivity (Wildman–Crippen MR) is 134 cm³/mol. The second-order valence-corrected chi connectivity index (χ2v) is 11.7. The molecule has 0 saturated carbocycles. The van der Waals surface area contributed by atoms with Crippen molar-refractivity contribution in [3.8, 4) is 34.0 Å². The van der Waals surface area contributed by atoms with Crippen LogP contribution in [-0.2, 0) is 33.6 Å². The van der Waals surface area contributed by atoms with Crippen molar-refractivity contribution in [3.63, 3.8) is 0 Å². The lowest BCUT2D eigenvalue weighted by atomic mass is 9.86. The van der Waals surface area contributed by atoms with Gasteiger partial charge in [0.1, 0.15) is 27.2 Å². The molecule has 2 aromatic heterocycles. The summed E-state index contributed by atoms with van der Waals surface area (Å²) in [5.74, 6) is -1.20. The zero-order valence-electron chi connectivity index (χ0n) is 20.7. The number of benzene rings is 2. The molecule has 0 fully saturated rings. The highest BCUT2D eigenvalue weighted by molar-refractivity contribution is 7.90. The molecule has 0 saturated heterocycles. The van der Waals surface area contributed by atoms with Crippen LogP contribution in [0, 0.1) is 0 Å². The van der Waals surface area contributed by atoms with Gasteiger partial charge in [-0.15, -0.1) is 0 Å². The lowest BCUT2D eigenvalue weighted by Crippen LogP contribution is -2.15. The van der Waals surface area contributed by atoms with Crippen LogP contribution in [0.3, 0.4) is 0 Å². The van der Waals surface area contributed by atoms with Gasteiger partial charge in [-0.2, -0.15) is 13.2 Å². The Kier molecular flexibility index (Phi) is 6.93. The molecule has 4 aromatic rings. The van der Waals surface area contributed by atoms with Crippen molar-refractivity contribution in [1.29, 1.82) is 0 Å².